The van der Waals surface area contributed by atoms with Gasteiger partial charge < -0.3 is 19.4 Å². The summed E-state index contributed by atoms with van der Waals surface area (Å²) in [6.45, 7) is 0. The fraction of sp³-hybridized carbons (Fsp3) is 0.107. The van der Waals surface area contributed by atoms with Crippen molar-refractivity contribution in [2.75, 3.05) is 12.0 Å². The molecule has 0 saturated heterocycles. The van der Waals surface area contributed by atoms with E-state index in [9.17, 15) is 19.5 Å². The summed E-state index contributed by atoms with van der Waals surface area (Å²) >= 11 is 6.06. The van der Waals surface area contributed by atoms with E-state index in [0.29, 0.717) is 38.6 Å². The highest BCUT2D eigenvalue weighted by Crippen LogP contribution is 2.42. The second-order valence-corrected chi connectivity index (χ2v) is 8.91. The molecule has 1 aliphatic rings. The molecule has 1 atom stereocenters. The lowest BCUT2D eigenvalue weighted by molar-refractivity contribution is -0.136. The Morgan fingerprint density at radius 2 is 1.73 bits per heavy atom. The zero-order valence-electron chi connectivity index (χ0n) is 19.5. The molecule has 0 saturated carbocycles. The molecule has 0 radical (unpaired) electrons. The lowest BCUT2D eigenvalue weighted by atomic mass is 9.94. The van der Waals surface area contributed by atoms with Gasteiger partial charge in [0, 0.05) is 16.1 Å². The van der Waals surface area contributed by atoms with Crippen LogP contribution in [0, 0.1) is 0 Å². The molecule has 8 nitrogen and oxygen atoms in total. The van der Waals surface area contributed by atoms with Gasteiger partial charge >= 0.3 is 5.97 Å². The number of halogens is 1. The summed E-state index contributed by atoms with van der Waals surface area (Å²) in [4.78, 5) is 39.4. The second kappa shape index (κ2) is 9.48. The second-order valence-electron chi connectivity index (χ2n) is 8.47. The number of carbonyl (C=O) groups is 3. The van der Waals surface area contributed by atoms with Crippen LogP contribution in [0.25, 0.3) is 11.0 Å². The topological polar surface area (TPSA) is 117 Å². The first-order chi connectivity index (χ1) is 17.8. The zero-order valence-corrected chi connectivity index (χ0v) is 20.2. The van der Waals surface area contributed by atoms with E-state index in [1.54, 1.807) is 66.7 Å². The normalized spacial score (nSPS) is 15.5. The number of carbonyl (C=O) groups excluding carboxylic acids is 2. The number of benzene rings is 3. The summed E-state index contributed by atoms with van der Waals surface area (Å²) in [7, 11) is 1.52. The molecular formula is C28H20ClNO7. The van der Waals surface area contributed by atoms with Gasteiger partial charge in [0.1, 0.15) is 11.3 Å². The average Bonchev–Trinajstić information content (AvgIpc) is 3.42. The number of nitrogens with zero attached hydrogens (tertiary/aromatic N) is 1. The fourth-order valence-electron chi connectivity index (χ4n) is 4.41. The summed E-state index contributed by atoms with van der Waals surface area (Å²) in [5.41, 5.74) is 1.76. The van der Waals surface area contributed by atoms with E-state index >= 15 is 0 Å². The lowest BCUT2D eigenvalue weighted by Gasteiger charge is -2.27. The first kappa shape index (κ1) is 24.1. The lowest BCUT2D eigenvalue weighted by Crippen LogP contribution is -2.31. The van der Waals surface area contributed by atoms with Crippen LogP contribution in [0.3, 0.4) is 0 Å². The van der Waals surface area contributed by atoms with Gasteiger partial charge in [-0.2, -0.15) is 0 Å². The highest BCUT2D eigenvalue weighted by atomic mass is 35.5. The number of hydrogen-bond acceptors (Lipinski definition) is 6. The van der Waals surface area contributed by atoms with Crippen molar-refractivity contribution in [2.45, 2.75) is 12.5 Å². The van der Waals surface area contributed by atoms with Crippen molar-refractivity contribution in [3.63, 3.8) is 0 Å². The number of methoxy groups -OCH3 is 1. The van der Waals surface area contributed by atoms with Gasteiger partial charge in [0.25, 0.3) is 5.91 Å². The third kappa shape index (κ3) is 4.43. The van der Waals surface area contributed by atoms with E-state index < -0.39 is 29.5 Å². The molecule has 2 N–H and O–H groups in total. The van der Waals surface area contributed by atoms with Gasteiger partial charge in [-0.05, 0) is 59.7 Å². The highest BCUT2D eigenvalue weighted by Gasteiger charge is 2.45. The molecule has 2 heterocycles. The van der Waals surface area contributed by atoms with Crippen LogP contribution in [-0.4, -0.2) is 35.0 Å². The van der Waals surface area contributed by atoms with Crippen molar-refractivity contribution in [1.29, 1.82) is 0 Å². The Hall–Kier alpha value is -4.56. The molecule has 4 aromatic rings. The number of ether oxygens (including phenoxy) is 1. The smallest absolute Gasteiger partial charge is 0.307 e. The standard InChI is InChI=1S/C28H20ClNO7/c1-36-20-9-4-16(5-10-20)25-24(26(33)22-14-17-13-18(29)6-11-21(17)37-22)27(34)28(35)30(25)19-7-2-15(3-8-19)12-23(31)32/h2-11,13-14,25,34H,12H2,1H3,(H,31,32). The predicted molar refractivity (Wildman–Crippen MR) is 136 cm³/mol. The summed E-state index contributed by atoms with van der Waals surface area (Å²) < 4.78 is 11.0. The molecule has 1 amide bonds. The van der Waals surface area contributed by atoms with Crippen LogP contribution in [0.1, 0.15) is 27.7 Å². The van der Waals surface area contributed by atoms with Crippen LogP contribution in [-0.2, 0) is 16.0 Å². The van der Waals surface area contributed by atoms with Crippen molar-refractivity contribution in [2.24, 2.45) is 0 Å². The van der Waals surface area contributed by atoms with Crippen LogP contribution in [0.4, 0.5) is 5.69 Å². The Morgan fingerprint density at radius 3 is 2.38 bits per heavy atom. The minimum Gasteiger partial charge on any atom is -0.503 e. The number of aliphatic hydroxyl groups excluding tert-OH is 1. The highest BCUT2D eigenvalue weighted by molar-refractivity contribution is 6.31. The Balaban J connectivity index is 1.60. The van der Waals surface area contributed by atoms with Crippen LogP contribution < -0.4 is 9.64 Å². The molecule has 1 aromatic heterocycles. The largest absolute Gasteiger partial charge is 0.503 e. The number of Topliss-reactive ketones (excluding diaryl/α,β-unsaturated/α-hetero) is 1. The number of carboxylic acids is 1. The molecule has 5 rings (SSSR count). The number of aliphatic carboxylic acids is 1. The average molecular weight is 518 g/mol. The molecule has 9 heteroatoms. The quantitative estimate of drug-likeness (QED) is 0.310. The number of hydrogen-bond donors (Lipinski definition) is 2. The van der Waals surface area contributed by atoms with E-state index in [1.165, 1.54) is 18.1 Å². The van der Waals surface area contributed by atoms with E-state index in [0.717, 1.165) is 0 Å². The third-order valence-electron chi connectivity index (χ3n) is 6.16. The Morgan fingerprint density at radius 1 is 1.03 bits per heavy atom. The van der Waals surface area contributed by atoms with Crippen LogP contribution in [0.2, 0.25) is 5.02 Å². The molecule has 0 aliphatic carbocycles. The van der Waals surface area contributed by atoms with E-state index in [2.05, 4.69) is 0 Å². The molecule has 0 spiro atoms. The minimum absolute atomic E-state index is 0.0521. The number of ketones is 1. The number of fused-ring (bicyclic) bond motifs is 1. The van der Waals surface area contributed by atoms with Crippen LogP contribution >= 0.6 is 11.6 Å². The Kier molecular flexibility index (Phi) is 6.19. The van der Waals surface area contributed by atoms with E-state index in [1.807, 2.05) is 0 Å². The van der Waals surface area contributed by atoms with Gasteiger partial charge in [-0.15, -0.1) is 0 Å². The number of furan rings is 1. The number of carboxylic acid groups (broad SMARTS) is 1. The van der Waals surface area contributed by atoms with Crippen molar-refractivity contribution < 1.29 is 33.8 Å². The summed E-state index contributed by atoms with van der Waals surface area (Å²) in [6.07, 6.45) is -0.181. The van der Waals surface area contributed by atoms with Crippen molar-refractivity contribution in [1.82, 2.24) is 0 Å². The number of rotatable bonds is 7. The Bertz CT molecular complexity index is 1570. The molecule has 37 heavy (non-hydrogen) atoms. The molecule has 3 aromatic carbocycles. The van der Waals surface area contributed by atoms with Crippen molar-refractivity contribution in [3.8, 4) is 5.75 Å². The molecule has 0 fully saturated rings. The maximum atomic E-state index is 13.7. The molecule has 186 valence electrons. The third-order valence-corrected chi connectivity index (χ3v) is 6.39. The van der Waals surface area contributed by atoms with Gasteiger partial charge in [-0.25, -0.2) is 0 Å². The summed E-state index contributed by atoms with van der Waals surface area (Å²) in [6, 6.07) is 18.6. The van der Waals surface area contributed by atoms with Gasteiger partial charge in [0.05, 0.1) is 25.1 Å². The SMILES string of the molecule is COc1ccc(C2C(C(=O)c3cc4cc(Cl)ccc4o3)=C(O)C(=O)N2c2ccc(CC(=O)O)cc2)cc1. The molecular weight excluding hydrogens is 498 g/mol. The summed E-state index contributed by atoms with van der Waals surface area (Å²) in [5.74, 6) is -2.57. The van der Waals surface area contributed by atoms with Crippen molar-refractivity contribution >= 4 is 45.9 Å². The zero-order chi connectivity index (χ0) is 26.3. The number of aliphatic hydroxyl groups is 1. The van der Waals surface area contributed by atoms with Gasteiger partial charge in [0.15, 0.2) is 11.5 Å². The van der Waals surface area contributed by atoms with Gasteiger partial charge in [0.2, 0.25) is 5.78 Å². The van der Waals surface area contributed by atoms with Crippen molar-refractivity contribution in [3.05, 3.63) is 106 Å². The minimum atomic E-state index is -0.986. The predicted octanol–water partition coefficient (Wildman–Crippen LogP) is 5.50. The maximum Gasteiger partial charge on any atom is 0.307 e. The molecule has 1 aliphatic heterocycles. The fourth-order valence-corrected chi connectivity index (χ4v) is 4.59. The Labute approximate surface area is 215 Å². The first-order valence-corrected chi connectivity index (χ1v) is 11.6. The van der Waals surface area contributed by atoms with Crippen LogP contribution in [0.5, 0.6) is 5.75 Å². The van der Waals surface area contributed by atoms with Gasteiger partial charge in [-0.3, -0.25) is 19.3 Å². The molecule has 0 bridgehead atoms. The summed E-state index contributed by atoms with van der Waals surface area (Å²) in [5, 5.41) is 21.1. The first-order valence-electron chi connectivity index (χ1n) is 11.2. The van der Waals surface area contributed by atoms with Crippen LogP contribution in [0.15, 0.2) is 88.5 Å². The maximum absolute atomic E-state index is 13.7. The van der Waals surface area contributed by atoms with E-state index in [4.69, 9.17) is 25.9 Å². The van der Waals surface area contributed by atoms with E-state index in [-0.39, 0.29) is 17.8 Å². The monoisotopic (exact) mass is 517 g/mol. The number of anilines is 1. The van der Waals surface area contributed by atoms with Gasteiger partial charge in [-0.1, -0.05) is 35.9 Å². The number of amides is 1. The molecule has 1 unspecified atom stereocenters.